The first-order valence-electron chi connectivity index (χ1n) is 8.65. The summed E-state index contributed by atoms with van der Waals surface area (Å²) in [4.78, 5) is 14.3. The van der Waals surface area contributed by atoms with Crippen molar-refractivity contribution in [1.82, 2.24) is 10.2 Å². The number of rotatable bonds is 11. The predicted octanol–water partition coefficient (Wildman–Crippen LogP) is 4.54. The number of benzene rings is 2. The third-order valence-corrected chi connectivity index (χ3v) is 5.96. The van der Waals surface area contributed by atoms with Gasteiger partial charge in [0.25, 0.3) is 5.91 Å². The van der Waals surface area contributed by atoms with Crippen molar-refractivity contribution in [3.05, 3.63) is 60.2 Å². The summed E-state index contributed by atoms with van der Waals surface area (Å²) in [6.45, 7) is 1.79. The van der Waals surface area contributed by atoms with Gasteiger partial charge in [-0.15, -0.1) is 0 Å². The molecule has 0 radical (unpaired) electrons. The molecule has 0 atom stereocenters. The van der Waals surface area contributed by atoms with Crippen LogP contribution in [0, 0.1) is 0 Å². The summed E-state index contributed by atoms with van der Waals surface area (Å²) in [5.41, 5.74) is 0.651. The molecule has 1 N–H and O–H groups in total. The van der Waals surface area contributed by atoms with Crippen molar-refractivity contribution in [1.29, 1.82) is 0 Å². The lowest BCUT2D eigenvalue weighted by molar-refractivity contribution is 0.0954. The summed E-state index contributed by atoms with van der Waals surface area (Å²) < 4.78 is 5.73. The molecular weight excluding hydrogens is 364 g/mol. The number of nitrogens with zero attached hydrogens (tertiary/aromatic N) is 1. The Morgan fingerprint density at radius 2 is 1.62 bits per heavy atom. The van der Waals surface area contributed by atoms with Crippen LogP contribution in [0.2, 0.25) is 0 Å². The average molecular weight is 391 g/mol. The standard InChI is InChI=1S/C20H26N2O2S2/c1-22(2)14-16-26-25-15-6-13-21-20(23)17-9-11-19(12-10-17)24-18-7-4-3-5-8-18/h3-5,7-12H,6,13-16H2,1-2H3,(H,21,23). The molecule has 1 amide bonds. The fourth-order valence-electron chi connectivity index (χ4n) is 2.07. The van der Waals surface area contributed by atoms with Crippen LogP contribution in [0.15, 0.2) is 54.6 Å². The highest BCUT2D eigenvalue weighted by molar-refractivity contribution is 8.76. The Bertz CT molecular complexity index is 649. The molecule has 0 saturated carbocycles. The highest BCUT2D eigenvalue weighted by Gasteiger charge is 2.05. The van der Waals surface area contributed by atoms with Gasteiger partial charge in [0.05, 0.1) is 0 Å². The van der Waals surface area contributed by atoms with Gasteiger partial charge in [0.2, 0.25) is 0 Å². The molecule has 2 aromatic carbocycles. The number of ether oxygens (including phenoxy) is 1. The molecule has 4 nitrogen and oxygen atoms in total. The molecule has 6 heteroatoms. The molecule has 0 spiro atoms. The zero-order valence-electron chi connectivity index (χ0n) is 15.3. The zero-order valence-corrected chi connectivity index (χ0v) is 16.9. The number of carbonyl (C=O) groups excluding carboxylic acids is 1. The number of hydrogen-bond donors (Lipinski definition) is 1. The van der Waals surface area contributed by atoms with Gasteiger partial charge in [-0.3, -0.25) is 4.79 Å². The van der Waals surface area contributed by atoms with Crippen LogP contribution in [0.1, 0.15) is 16.8 Å². The van der Waals surface area contributed by atoms with Crippen LogP contribution < -0.4 is 10.1 Å². The van der Waals surface area contributed by atoms with Crippen LogP contribution in [-0.4, -0.2) is 49.5 Å². The monoisotopic (exact) mass is 390 g/mol. The van der Waals surface area contributed by atoms with Gasteiger partial charge in [0, 0.05) is 30.2 Å². The molecule has 0 aliphatic carbocycles. The number of para-hydroxylation sites is 1. The Balaban J connectivity index is 1.63. The van der Waals surface area contributed by atoms with Crippen LogP contribution in [-0.2, 0) is 0 Å². The van der Waals surface area contributed by atoms with E-state index in [4.69, 9.17) is 4.74 Å². The zero-order chi connectivity index (χ0) is 18.6. The Kier molecular flexibility index (Phi) is 9.45. The van der Waals surface area contributed by atoms with Crippen molar-refractivity contribution >= 4 is 27.5 Å². The van der Waals surface area contributed by atoms with Gasteiger partial charge in [-0.05, 0) is 56.9 Å². The van der Waals surface area contributed by atoms with Gasteiger partial charge in [0.15, 0.2) is 0 Å². The van der Waals surface area contributed by atoms with Crippen molar-refractivity contribution in [3.63, 3.8) is 0 Å². The fraction of sp³-hybridized carbons (Fsp3) is 0.350. The Morgan fingerprint density at radius 3 is 2.31 bits per heavy atom. The Hall–Kier alpha value is -1.63. The maximum Gasteiger partial charge on any atom is 0.251 e. The number of nitrogens with one attached hydrogen (secondary N) is 1. The molecule has 26 heavy (non-hydrogen) atoms. The highest BCUT2D eigenvalue weighted by atomic mass is 33.1. The summed E-state index contributed by atoms with van der Waals surface area (Å²) in [5.74, 6) is 3.63. The summed E-state index contributed by atoms with van der Waals surface area (Å²) in [6, 6.07) is 16.8. The van der Waals surface area contributed by atoms with Gasteiger partial charge in [0.1, 0.15) is 11.5 Å². The highest BCUT2D eigenvalue weighted by Crippen LogP contribution is 2.22. The SMILES string of the molecule is CN(C)CCSSCCCNC(=O)c1ccc(Oc2ccccc2)cc1. The van der Waals surface area contributed by atoms with E-state index in [1.807, 2.05) is 64.1 Å². The van der Waals surface area contributed by atoms with E-state index in [1.165, 1.54) is 0 Å². The third kappa shape index (κ3) is 8.17. The van der Waals surface area contributed by atoms with Crippen LogP contribution in [0.3, 0.4) is 0 Å². The quantitative estimate of drug-likeness (QED) is 0.451. The maximum absolute atomic E-state index is 12.2. The van der Waals surface area contributed by atoms with Crippen molar-refractivity contribution in [2.45, 2.75) is 6.42 Å². The van der Waals surface area contributed by atoms with E-state index in [0.717, 1.165) is 36.0 Å². The predicted molar refractivity (Wildman–Crippen MR) is 113 cm³/mol. The van der Waals surface area contributed by atoms with E-state index >= 15 is 0 Å². The minimum Gasteiger partial charge on any atom is -0.457 e. The van der Waals surface area contributed by atoms with Gasteiger partial charge < -0.3 is 15.0 Å². The largest absolute Gasteiger partial charge is 0.457 e. The van der Waals surface area contributed by atoms with E-state index in [1.54, 1.807) is 12.1 Å². The van der Waals surface area contributed by atoms with E-state index in [9.17, 15) is 4.79 Å². The van der Waals surface area contributed by atoms with Gasteiger partial charge >= 0.3 is 0 Å². The summed E-state index contributed by atoms with van der Waals surface area (Å²) in [7, 11) is 7.92. The van der Waals surface area contributed by atoms with Crippen molar-refractivity contribution < 1.29 is 9.53 Å². The lowest BCUT2D eigenvalue weighted by atomic mass is 10.2. The number of amides is 1. The second kappa shape index (κ2) is 11.9. The second-order valence-corrected chi connectivity index (χ2v) is 8.70. The first-order valence-corrected chi connectivity index (χ1v) is 11.1. The molecule has 0 aromatic heterocycles. The molecule has 0 unspecified atom stereocenters. The Morgan fingerprint density at radius 1 is 0.962 bits per heavy atom. The molecule has 0 fully saturated rings. The molecule has 0 saturated heterocycles. The van der Waals surface area contributed by atoms with Crippen LogP contribution in [0.5, 0.6) is 11.5 Å². The van der Waals surface area contributed by atoms with E-state index in [0.29, 0.717) is 12.1 Å². The maximum atomic E-state index is 12.2. The van der Waals surface area contributed by atoms with Gasteiger partial charge in [-0.25, -0.2) is 0 Å². The normalized spacial score (nSPS) is 10.7. The lowest BCUT2D eigenvalue weighted by Crippen LogP contribution is -2.24. The van der Waals surface area contributed by atoms with Crippen LogP contribution in [0.4, 0.5) is 0 Å². The molecule has 0 bridgehead atoms. The molecule has 2 aromatic rings. The van der Waals surface area contributed by atoms with Crippen LogP contribution in [0.25, 0.3) is 0 Å². The summed E-state index contributed by atoms with van der Waals surface area (Å²) in [5, 5.41) is 2.97. The molecule has 0 aliphatic heterocycles. The summed E-state index contributed by atoms with van der Waals surface area (Å²) >= 11 is 0. The van der Waals surface area contributed by atoms with Crippen molar-refractivity contribution in [2.75, 3.05) is 38.7 Å². The minimum absolute atomic E-state index is 0.0403. The van der Waals surface area contributed by atoms with Gasteiger partial charge in [-0.1, -0.05) is 39.8 Å². The molecular formula is C20H26N2O2S2. The Labute approximate surface area is 164 Å². The van der Waals surface area contributed by atoms with Crippen molar-refractivity contribution in [3.8, 4) is 11.5 Å². The van der Waals surface area contributed by atoms with Crippen LogP contribution >= 0.6 is 21.6 Å². The molecule has 2 rings (SSSR count). The second-order valence-electron chi connectivity index (χ2n) is 6.00. The molecule has 0 aliphatic rings. The topological polar surface area (TPSA) is 41.6 Å². The first kappa shape index (κ1) is 20.7. The van der Waals surface area contributed by atoms with Crippen molar-refractivity contribution in [2.24, 2.45) is 0 Å². The number of hydrogen-bond acceptors (Lipinski definition) is 5. The minimum atomic E-state index is -0.0403. The average Bonchev–Trinajstić information content (AvgIpc) is 2.65. The number of carbonyl (C=O) groups is 1. The van der Waals surface area contributed by atoms with E-state index in [-0.39, 0.29) is 5.91 Å². The van der Waals surface area contributed by atoms with E-state index in [2.05, 4.69) is 24.3 Å². The fourth-order valence-corrected chi connectivity index (χ4v) is 4.29. The molecule has 140 valence electrons. The smallest absolute Gasteiger partial charge is 0.251 e. The summed E-state index contributed by atoms with van der Waals surface area (Å²) in [6.07, 6.45) is 0.973. The van der Waals surface area contributed by atoms with E-state index < -0.39 is 0 Å². The lowest BCUT2D eigenvalue weighted by Gasteiger charge is -2.09. The van der Waals surface area contributed by atoms with Gasteiger partial charge in [-0.2, -0.15) is 0 Å². The third-order valence-electron chi connectivity index (χ3n) is 3.49. The molecule has 0 heterocycles. The first-order chi connectivity index (χ1) is 12.6.